The van der Waals surface area contributed by atoms with Crippen LogP contribution in [0.1, 0.15) is 139 Å². The lowest BCUT2D eigenvalue weighted by atomic mass is 10.1. The Morgan fingerprint density at radius 2 is 0.885 bits per heavy atom. The number of nitrogens with zero attached hydrogens (tertiary/aromatic N) is 6. The SMILES string of the molecule is CCOc1nc2nc(n1)Nc1ccc(C(=O)N[C@@H](CNC(=O)OC(C)(C)C)C(=O)O)c(c1)OCCCCCCOc1ccc(cc1)CN2.CCOc1nc2nc(n1)Nc1ccc(C(=O)N[C@@H](CNC(=O)OC(C)(C)C)C(N)=O)c(c1)OCCCCCCOc1ccc(cc1)CN2. The van der Waals surface area contributed by atoms with Gasteiger partial charge < -0.3 is 91.3 Å². The molecular weight excluding hydrogens is 1240 g/mol. The fourth-order valence-electron chi connectivity index (χ4n) is 8.97. The minimum atomic E-state index is -1.43. The lowest BCUT2D eigenvalue weighted by Gasteiger charge is -2.22. The zero-order valence-electron chi connectivity index (χ0n) is 55.4. The lowest BCUT2D eigenvalue weighted by Crippen LogP contribution is -2.51. The van der Waals surface area contributed by atoms with Crippen molar-refractivity contribution in [3.8, 4) is 35.0 Å². The molecule has 30 heteroatoms. The highest BCUT2D eigenvalue weighted by Gasteiger charge is 2.27. The second kappa shape index (κ2) is 36.1. The normalized spacial score (nSPS) is 14.3. The van der Waals surface area contributed by atoms with Gasteiger partial charge in [0, 0.05) is 36.6 Å². The molecule has 0 spiro atoms. The maximum absolute atomic E-state index is 13.4. The number of carboxylic acid groups (broad SMARTS) is 1. The van der Waals surface area contributed by atoms with Gasteiger partial charge >= 0.3 is 30.2 Å². The number of nitrogens with one attached hydrogen (secondary N) is 8. The molecule has 4 aliphatic heterocycles. The molecule has 516 valence electrons. The molecule has 4 aliphatic rings. The highest BCUT2D eigenvalue weighted by Crippen LogP contribution is 2.29. The number of aromatic nitrogens is 6. The maximum atomic E-state index is 13.4. The molecule has 6 aromatic rings. The molecule has 12 bridgehead atoms. The van der Waals surface area contributed by atoms with Crippen molar-refractivity contribution in [2.45, 2.75) is 143 Å². The summed E-state index contributed by atoms with van der Waals surface area (Å²) in [5, 5.41) is 32.3. The van der Waals surface area contributed by atoms with Gasteiger partial charge in [0.1, 0.15) is 46.3 Å². The highest BCUT2D eigenvalue weighted by molar-refractivity contribution is 6.01. The number of hydrogen-bond acceptors (Lipinski definition) is 24. The average Bonchev–Trinajstić information content (AvgIpc) is 0.865. The van der Waals surface area contributed by atoms with E-state index in [1.165, 1.54) is 6.07 Å². The van der Waals surface area contributed by atoms with E-state index >= 15 is 0 Å². The van der Waals surface area contributed by atoms with E-state index in [0.29, 0.717) is 76.5 Å². The second-order valence-corrected chi connectivity index (χ2v) is 23.8. The van der Waals surface area contributed by atoms with E-state index in [2.05, 4.69) is 72.4 Å². The van der Waals surface area contributed by atoms with Gasteiger partial charge in [0.25, 0.3) is 11.8 Å². The van der Waals surface area contributed by atoms with Crippen LogP contribution in [0.25, 0.3) is 0 Å². The number of amides is 5. The first kappa shape index (κ1) is 72.7. The van der Waals surface area contributed by atoms with Gasteiger partial charge in [-0.05, 0) is 166 Å². The van der Waals surface area contributed by atoms with Crippen LogP contribution in [0.3, 0.4) is 0 Å². The number of rotatable bonds is 14. The fourth-order valence-corrected chi connectivity index (χ4v) is 8.97. The molecule has 2 atom stereocenters. The first-order valence-electron chi connectivity index (χ1n) is 31.8. The summed E-state index contributed by atoms with van der Waals surface area (Å²) in [4.78, 5) is 102. The molecule has 10 rings (SSSR count). The van der Waals surface area contributed by atoms with Gasteiger partial charge in [-0.1, -0.05) is 24.3 Å². The van der Waals surface area contributed by atoms with Crippen molar-refractivity contribution < 1.29 is 71.8 Å². The van der Waals surface area contributed by atoms with Crippen LogP contribution >= 0.6 is 0 Å². The Morgan fingerprint density at radius 3 is 1.26 bits per heavy atom. The third-order valence-corrected chi connectivity index (χ3v) is 13.6. The van der Waals surface area contributed by atoms with Crippen molar-refractivity contribution in [2.75, 3.05) is 74.0 Å². The van der Waals surface area contributed by atoms with E-state index in [9.17, 15) is 33.9 Å². The van der Waals surface area contributed by atoms with Crippen LogP contribution < -0.4 is 76.7 Å². The standard InChI is InChI=1S/C33H44N8O7.C33H43N7O8/c1-5-45-31-40-29-35-19-21-10-13-23(14-11-21)46-16-8-6-7-9-17-47-26-18-22(37-30(39-29)41-31)12-15-24(26)28(43)38-25(27(34)42)20-36-32(44)48-33(2,3)4;1-5-45-31-39-29-34-19-21-10-13-23(14-11-21)46-16-8-6-7-9-17-47-26-18-22(36-30(38-29)40-31)12-15-24(26)27(41)37-25(28(42)43)20-35-32(44)48-33(2,3)4/h10-15,18,25H,5-9,16-17,19-20H2,1-4H3,(H2,34,42)(H,36,44)(H,38,43)(H2,35,37,39,40,41);10-15,18,25H,5-9,16-17,19-20H2,1-4H3,(H,35,44)(H,37,41)(H,42,43)(H2,34,36,38,39,40)/t2*25-/m00/s1. The number of benzene rings is 4. The van der Waals surface area contributed by atoms with Crippen LogP contribution in [0.2, 0.25) is 0 Å². The van der Waals surface area contributed by atoms with E-state index in [4.69, 9.17) is 43.6 Å². The molecule has 11 N–H and O–H groups in total. The maximum Gasteiger partial charge on any atom is 0.407 e. The fraction of sp³-hybridized carbons (Fsp3) is 0.455. The van der Waals surface area contributed by atoms with Crippen molar-refractivity contribution in [3.63, 3.8) is 0 Å². The van der Waals surface area contributed by atoms with Crippen LogP contribution in [0, 0.1) is 0 Å². The number of fused-ring (bicyclic) bond motifs is 20. The van der Waals surface area contributed by atoms with Crippen LogP contribution in [0.15, 0.2) is 84.9 Å². The van der Waals surface area contributed by atoms with Gasteiger partial charge in [-0.2, -0.15) is 29.9 Å². The van der Waals surface area contributed by atoms with E-state index < -0.39 is 65.7 Å². The summed E-state index contributed by atoms with van der Waals surface area (Å²) in [7, 11) is 0. The van der Waals surface area contributed by atoms with Gasteiger partial charge in [0.05, 0.1) is 63.9 Å². The molecule has 0 aliphatic carbocycles. The molecule has 0 saturated carbocycles. The molecule has 5 amide bonds. The largest absolute Gasteiger partial charge is 0.494 e. The third kappa shape index (κ3) is 25.3. The molecular formula is C66H87N15O15. The van der Waals surface area contributed by atoms with Crippen LogP contribution in [-0.4, -0.2) is 147 Å². The van der Waals surface area contributed by atoms with E-state index in [-0.39, 0.29) is 59.0 Å². The number of hydrogen-bond donors (Lipinski definition) is 10. The summed E-state index contributed by atoms with van der Waals surface area (Å²) in [6.07, 6.45) is 5.27. The average molecular weight is 1330 g/mol. The summed E-state index contributed by atoms with van der Waals surface area (Å²) < 4.78 is 45.4. The van der Waals surface area contributed by atoms with E-state index in [1.54, 1.807) is 71.9 Å². The molecule has 0 saturated heterocycles. The minimum Gasteiger partial charge on any atom is -0.494 e. The zero-order valence-corrected chi connectivity index (χ0v) is 55.4. The van der Waals surface area contributed by atoms with Crippen molar-refractivity contribution in [2.24, 2.45) is 5.73 Å². The van der Waals surface area contributed by atoms with E-state index in [0.717, 1.165) is 67.6 Å². The number of ether oxygens (including phenoxy) is 8. The Balaban J connectivity index is 0.000000271. The summed E-state index contributed by atoms with van der Waals surface area (Å²) in [6.45, 7) is 16.6. The molecule has 0 unspecified atom stereocenters. The van der Waals surface area contributed by atoms with Crippen molar-refractivity contribution in [1.29, 1.82) is 0 Å². The number of nitrogens with two attached hydrogens (primary N) is 1. The number of carbonyl (C=O) groups is 6. The third-order valence-electron chi connectivity index (χ3n) is 13.6. The quantitative estimate of drug-likeness (QED) is 0.0487. The number of carboxylic acids is 1. The lowest BCUT2D eigenvalue weighted by molar-refractivity contribution is -0.139. The number of primary amides is 1. The smallest absolute Gasteiger partial charge is 0.407 e. The molecule has 2 aromatic heterocycles. The predicted molar refractivity (Wildman–Crippen MR) is 356 cm³/mol. The Kier molecular flexibility index (Phi) is 27.4. The monoisotopic (exact) mass is 1330 g/mol. The highest BCUT2D eigenvalue weighted by atomic mass is 16.6. The Morgan fingerprint density at radius 1 is 0.510 bits per heavy atom. The number of anilines is 6. The molecule has 0 radical (unpaired) electrons. The van der Waals surface area contributed by atoms with Crippen molar-refractivity contribution in [3.05, 3.63) is 107 Å². The summed E-state index contributed by atoms with van der Waals surface area (Å²) in [6, 6.07) is 22.8. The molecule has 0 fully saturated rings. The summed E-state index contributed by atoms with van der Waals surface area (Å²) in [5.74, 6) is -0.452. The predicted octanol–water partition coefficient (Wildman–Crippen LogP) is 8.73. The first-order valence-corrected chi connectivity index (χ1v) is 31.8. The van der Waals surface area contributed by atoms with Gasteiger partial charge in [0.2, 0.25) is 29.7 Å². The number of aliphatic carboxylic acids is 1. The Labute approximate surface area is 557 Å². The molecule has 96 heavy (non-hydrogen) atoms. The first-order chi connectivity index (χ1) is 46.0. The topological polar surface area (TPSA) is 396 Å². The molecule has 30 nitrogen and oxygen atoms in total. The second-order valence-electron chi connectivity index (χ2n) is 23.8. The van der Waals surface area contributed by atoms with Gasteiger partial charge in [0.15, 0.2) is 0 Å². The van der Waals surface area contributed by atoms with Gasteiger partial charge in [-0.15, -0.1) is 0 Å². The van der Waals surface area contributed by atoms with Crippen LogP contribution in [-0.2, 0) is 32.2 Å². The van der Waals surface area contributed by atoms with Crippen molar-refractivity contribution >= 4 is 71.0 Å². The zero-order chi connectivity index (χ0) is 69.0. The van der Waals surface area contributed by atoms with E-state index in [1.807, 2.05) is 62.4 Å². The summed E-state index contributed by atoms with van der Waals surface area (Å²) in [5.41, 5.74) is 7.33. The molecule has 4 aromatic carbocycles. The van der Waals surface area contributed by atoms with Crippen LogP contribution in [0.4, 0.5) is 44.8 Å². The van der Waals surface area contributed by atoms with Crippen LogP contribution in [0.5, 0.6) is 35.0 Å². The Bertz CT molecular complexity index is 3320. The van der Waals surface area contributed by atoms with Crippen molar-refractivity contribution in [1.82, 2.24) is 51.2 Å². The van der Waals surface area contributed by atoms with Gasteiger partial charge in [-0.3, -0.25) is 14.4 Å². The number of alkyl carbamates (subject to hydrolysis) is 2. The molecule has 6 heterocycles. The Hall–Kier alpha value is -10.7. The minimum absolute atomic E-state index is 0.105. The van der Waals surface area contributed by atoms with Gasteiger partial charge in [-0.25, -0.2) is 14.4 Å². The summed E-state index contributed by atoms with van der Waals surface area (Å²) >= 11 is 0. The number of carbonyl (C=O) groups excluding carboxylic acids is 5.